The van der Waals surface area contributed by atoms with Crippen LogP contribution < -0.4 is 5.32 Å². The summed E-state index contributed by atoms with van der Waals surface area (Å²) in [7, 11) is 1.70. The predicted octanol–water partition coefficient (Wildman–Crippen LogP) is -0.545. The van der Waals surface area contributed by atoms with Crippen LogP contribution in [0.4, 0.5) is 0 Å². The first-order valence-electron chi connectivity index (χ1n) is 5.57. The number of aromatic nitrogens is 3. The molecular formula is C10H18N4O2. The Labute approximate surface area is 94.9 Å². The number of methoxy groups -OCH3 is 1. The molecule has 1 fully saturated rings. The highest BCUT2D eigenvalue weighted by molar-refractivity contribution is 4.91. The second kappa shape index (κ2) is 5.93. The molecule has 6 heteroatoms. The Bertz CT molecular complexity index is 310. The SMILES string of the molecule is COCCn1cnnc1CC1COCCN1. The fourth-order valence-corrected chi connectivity index (χ4v) is 1.78. The average Bonchev–Trinajstić information content (AvgIpc) is 2.75. The molecule has 0 aliphatic carbocycles. The molecule has 16 heavy (non-hydrogen) atoms. The summed E-state index contributed by atoms with van der Waals surface area (Å²) in [6, 6.07) is 0.347. The maximum atomic E-state index is 5.41. The molecule has 1 unspecified atom stereocenters. The van der Waals surface area contributed by atoms with E-state index < -0.39 is 0 Å². The van der Waals surface area contributed by atoms with Gasteiger partial charge >= 0.3 is 0 Å². The van der Waals surface area contributed by atoms with Gasteiger partial charge in [0.25, 0.3) is 0 Å². The van der Waals surface area contributed by atoms with E-state index in [4.69, 9.17) is 9.47 Å². The highest BCUT2D eigenvalue weighted by Crippen LogP contribution is 2.03. The molecular weight excluding hydrogens is 208 g/mol. The van der Waals surface area contributed by atoms with E-state index >= 15 is 0 Å². The van der Waals surface area contributed by atoms with Crippen molar-refractivity contribution in [1.29, 1.82) is 0 Å². The van der Waals surface area contributed by atoms with Gasteiger partial charge in [-0.2, -0.15) is 0 Å². The van der Waals surface area contributed by atoms with Gasteiger partial charge in [-0.3, -0.25) is 0 Å². The molecule has 0 radical (unpaired) electrons. The lowest BCUT2D eigenvalue weighted by atomic mass is 10.2. The van der Waals surface area contributed by atoms with Gasteiger partial charge in [-0.05, 0) is 0 Å². The zero-order valence-corrected chi connectivity index (χ0v) is 9.56. The van der Waals surface area contributed by atoms with E-state index in [1.807, 2.05) is 4.57 Å². The molecule has 1 saturated heterocycles. The molecule has 0 bridgehead atoms. The van der Waals surface area contributed by atoms with E-state index in [1.54, 1.807) is 13.4 Å². The van der Waals surface area contributed by atoms with Gasteiger partial charge in [0.15, 0.2) is 0 Å². The number of hydrogen-bond acceptors (Lipinski definition) is 5. The van der Waals surface area contributed by atoms with E-state index in [0.717, 1.165) is 38.5 Å². The third-order valence-electron chi connectivity index (χ3n) is 2.66. The molecule has 0 amide bonds. The van der Waals surface area contributed by atoms with Crippen LogP contribution in [0.3, 0.4) is 0 Å². The molecule has 0 saturated carbocycles. The van der Waals surface area contributed by atoms with Crippen LogP contribution in [0, 0.1) is 0 Å². The number of nitrogens with zero attached hydrogens (tertiary/aromatic N) is 3. The summed E-state index contributed by atoms with van der Waals surface area (Å²) in [5.41, 5.74) is 0. The molecule has 1 aromatic heterocycles. The van der Waals surface area contributed by atoms with Crippen molar-refractivity contribution in [3.8, 4) is 0 Å². The summed E-state index contributed by atoms with van der Waals surface area (Å²) >= 11 is 0. The lowest BCUT2D eigenvalue weighted by Crippen LogP contribution is -2.43. The second-order valence-corrected chi connectivity index (χ2v) is 3.86. The van der Waals surface area contributed by atoms with Crippen molar-refractivity contribution in [2.24, 2.45) is 0 Å². The molecule has 0 spiro atoms. The molecule has 1 aromatic rings. The van der Waals surface area contributed by atoms with Crippen LogP contribution in [-0.4, -0.2) is 54.3 Å². The summed E-state index contributed by atoms with van der Waals surface area (Å²) in [6.07, 6.45) is 2.60. The Morgan fingerprint density at radius 1 is 1.69 bits per heavy atom. The van der Waals surface area contributed by atoms with E-state index in [0.29, 0.717) is 12.6 Å². The van der Waals surface area contributed by atoms with E-state index in [-0.39, 0.29) is 0 Å². The number of hydrogen-bond donors (Lipinski definition) is 1. The van der Waals surface area contributed by atoms with Crippen molar-refractivity contribution >= 4 is 0 Å². The normalized spacial score (nSPS) is 21.2. The average molecular weight is 226 g/mol. The summed E-state index contributed by atoms with van der Waals surface area (Å²) < 4.78 is 12.5. The first kappa shape index (κ1) is 11.5. The van der Waals surface area contributed by atoms with Crippen molar-refractivity contribution < 1.29 is 9.47 Å². The van der Waals surface area contributed by atoms with E-state index in [1.165, 1.54) is 0 Å². The van der Waals surface area contributed by atoms with Gasteiger partial charge in [0.1, 0.15) is 12.2 Å². The van der Waals surface area contributed by atoms with Gasteiger partial charge in [0.05, 0.1) is 19.8 Å². The largest absolute Gasteiger partial charge is 0.383 e. The number of ether oxygens (including phenoxy) is 2. The fraction of sp³-hybridized carbons (Fsp3) is 0.800. The molecule has 6 nitrogen and oxygen atoms in total. The van der Waals surface area contributed by atoms with Crippen molar-refractivity contribution in [1.82, 2.24) is 20.1 Å². The monoisotopic (exact) mass is 226 g/mol. The van der Waals surface area contributed by atoms with Gasteiger partial charge in [-0.15, -0.1) is 10.2 Å². The van der Waals surface area contributed by atoms with Crippen LogP contribution in [0.1, 0.15) is 5.82 Å². The van der Waals surface area contributed by atoms with Crippen molar-refractivity contribution in [2.45, 2.75) is 19.0 Å². The van der Waals surface area contributed by atoms with Crippen molar-refractivity contribution in [2.75, 3.05) is 33.5 Å². The summed E-state index contributed by atoms with van der Waals surface area (Å²) in [6.45, 7) is 3.94. The minimum Gasteiger partial charge on any atom is -0.383 e. The number of nitrogens with one attached hydrogen (secondary N) is 1. The molecule has 0 aromatic carbocycles. The van der Waals surface area contributed by atoms with Gasteiger partial charge in [0, 0.05) is 32.7 Å². The lowest BCUT2D eigenvalue weighted by Gasteiger charge is -2.23. The highest BCUT2D eigenvalue weighted by atomic mass is 16.5. The zero-order valence-electron chi connectivity index (χ0n) is 9.56. The van der Waals surface area contributed by atoms with Crippen LogP contribution in [0.2, 0.25) is 0 Å². The minimum absolute atomic E-state index is 0.347. The summed E-state index contributed by atoms with van der Waals surface area (Å²) in [5, 5.41) is 11.5. The predicted molar refractivity (Wildman–Crippen MR) is 58.2 cm³/mol. The number of morpholine rings is 1. The molecule has 2 heterocycles. The number of rotatable bonds is 5. The zero-order chi connectivity index (χ0) is 11.2. The quantitative estimate of drug-likeness (QED) is 0.730. The topological polar surface area (TPSA) is 61.2 Å². The molecule has 1 aliphatic heterocycles. The first-order valence-corrected chi connectivity index (χ1v) is 5.57. The first-order chi connectivity index (χ1) is 7.90. The van der Waals surface area contributed by atoms with Crippen LogP contribution >= 0.6 is 0 Å². The fourth-order valence-electron chi connectivity index (χ4n) is 1.78. The maximum Gasteiger partial charge on any atom is 0.134 e. The standard InChI is InChI=1S/C10H18N4O2/c1-15-5-3-14-8-12-13-10(14)6-9-7-16-4-2-11-9/h8-9,11H,2-7H2,1H3. The molecule has 90 valence electrons. The summed E-state index contributed by atoms with van der Waals surface area (Å²) in [4.78, 5) is 0. The third-order valence-corrected chi connectivity index (χ3v) is 2.66. The Kier molecular flexibility index (Phi) is 4.26. The van der Waals surface area contributed by atoms with Gasteiger partial charge < -0.3 is 19.4 Å². The molecule has 2 rings (SSSR count). The Morgan fingerprint density at radius 2 is 2.62 bits per heavy atom. The Morgan fingerprint density at radius 3 is 3.38 bits per heavy atom. The Hall–Kier alpha value is -0.980. The highest BCUT2D eigenvalue weighted by Gasteiger charge is 2.16. The van der Waals surface area contributed by atoms with Crippen molar-refractivity contribution in [3.05, 3.63) is 12.2 Å². The maximum absolute atomic E-state index is 5.41. The minimum atomic E-state index is 0.347. The van der Waals surface area contributed by atoms with Gasteiger partial charge in [-0.1, -0.05) is 0 Å². The van der Waals surface area contributed by atoms with Gasteiger partial charge in [-0.25, -0.2) is 0 Å². The molecule has 1 aliphatic rings. The van der Waals surface area contributed by atoms with Crippen LogP contribution in [0.15, 0.2) is 6.33 Å². The second-order valence-electron chi connectivity index (χ2n) is 3.86. The van der Waals surface area contributed by atoms with E-state index in [2.05, 4.69) is 15.5 Å². The van der Waals surface area contributed by atoms with Crippen molar-refractivity contribution in [3.63, 3.8) is 0 Å². The third kappa shape index (κ3) is 3.01. The van der Waals surface area contributed by atoms with E-state index in [9.17, 15) is 0 Å². The lowest BCUT2D eigenvalue weighted by molar-refractivity contribution is 0.0759. The molecule has 1 N–H and O–H groups in total. The van der Waals surface area contributed by atoms with Crippen LogP contribution in [0.25, 0.3) is 0 Å². The van der Waals surface area contributed by atoms with Crippen LogP contribution in [-0.2, 0) is 22.4 Å². The Balaban J connectivity index is 1.89. The summed E-state index contributed by atoms with van der Waals surface area (Å²) in [5.74, 6) is 0.986. The van der Waals surface area contributed by atoms with Gasteiger partial charge in [0.2, 0.25) is 0 Å². The smallest absolute Gasteiger partial charge is 0.134 e. The van der Waals surface area contributed by atoms with Crippen LogP contribution in [0.5, 0.6) is 0 Å². The molecule has 1 atom stereocenters.